The predicted octanol–water partition coefficient (Wildman–Crippen LogP) is 3.08. The summed E-state index contributed by atoms with van der Waals surface area (Å²) in [7, 11) is -3.35. The maximum Gasteiger partial charge on any atom is 0.317 e. The van der Waals surface area contributed by atoms with E-state index in [1.807, 2.05) is 42.5 Å². The minimum Gasteiger partial charge on any atom is -0.480 e. The average molecular weight is 602 g/mol. The van der Waals surface area contributed by atoms with Crippen LogP contribution in [-0.2, 0) is 45.6 Å². The molecule has 0 aliphatic carbocycles. The van der Waals surface area contributed by atoms with Gasteiger partial charge in [0.2, 0.25) is 10.0 Å². The molecule has 3 aromatic rings. The van der Waals surface area contributed by atoms with Gasteiger partial charge in [-0.2, -0.15) is 9.40 Å². The highest BCUT2D eigenvalue weighted by molar-refractivity contribution is 7.88. The van der Waals surface area contributed by atoms with Crippen LogP contribution in [0.25, 0.3) is 22.4 Å². The number of aliphatic carboxylic acids is 1. The molecule has 1 aromatic heterocycles. The van der Waals surface area contributed by atoms with Crippen molar-refractivity contribution < 1.29 is 23.1 Å². The summed E-state index contributed by atoms with van der Waals surface area (Å²) < 4.78 is 34.0. The number of morpholine rings is 1. The van der Waals surface area contributed by atoms with E-state index in [2.05, 4.69) is 14.9 Å². The van der Waals surface area contributed by atoms with Crippen LogP contribution in [0.4, 0.5) is 0 Å². The molecule has 5 rings (SSSR count). The van der Waals surface area contributed by atoms with Gasteiger partial charge in [0.15, 0.2) is 0 Å². The zero-order valence-electron chi connectivity index (χ0n) is 23.2. The van der Waals surface area contributed by atoms with Crippen LogP contribution in [0.3, 0.4) is 0 Å². The van der Waals surface area contributed by atoms with Crippen LogP contribution in [-0.4, -0.2) is 90.7 Å². The van der Waals surface area contributed by atoms with E-state index in [0.29, 0.717) is 24.5 Å². The van der Waals surface area contributed by atoms with E-state index in [9.17, 15) is 13.2 Å². The second kappa shape index (κ2) is 13.0. The van der Waals surface area contributed by atoms with Gasteiger partial charge in [0.1, 0.15) is 0 Å². The van der Waals surface area contributed by atoms with Crippen LogP contribution < -0.4 is 5.32 Å². The highest BCUT2D eigenvalue weighted by Gasteiger charge is 2.30. The summed E-state index contributed by atoms with van der Waals surface area (Å²) >= 11 is 6.67. The molecular formula is C29H36ClN5O5S. The summed E-state index contributed by atoms with van der Waals surface area (Å²) in [5.74, 6) is -0.907. The third-order valence-electron chi connectivity index (χ3n) is 7.60. The minimum atomic E-state index is -3.35. The van der Waals surface area contributed by atoms with Crippen LogP contribution in [0.1, 0.15) is 23.2 Å². The van der Waals surface area contributed by atoms with E-state index in [4.69, 9.17) is 26.5 Å². The van der Waals surface area contributed by atoms with Crippen molar-refractivity contribution in [3.63, 3.8) is 0 Å². The number of rotatable bonds is 11. The number of fused-ring (bicyclic) bond motifs is 1. The molecule has 0 bridgehead atoms. The lowest BCUT2D eigenvalue weighted by Gasteiger charge is -2.27. The second-order valence-electron chi connectivity index (χ2n) is 10.5. The third kappa shape index (κ3) is 7.35. The summed E-state index contributed by atoms with van der Waals surface area (Å²) in [4.78, 5) is 13.3. The number of benzene rings is 2. The zero-order valence-corrected chi connectivity index (χ0v) is 24.8. The molecule has 0 amide bonds. The summed E-state index contributed by atoms with van der Waals surface area (Å²) in [5, 5.41) is 17.5. The Morgan fingerprint density at radius 2 is 1.90 bits per heavy atom. The number of nitrogens with one attached hydrogen (secondary N) is 1. The molecule has 0 radical (unpaired) electrons. The number of carboxylic acids is 1. The van der Waals surface area contributed by atoms with E-state index in [1.54, 1.807) is 0 Å². The van der Waals surface area contributed by atoms with Crippen LogP contribution in [0.15, 0.2) is 42.5 Å². The SMILES string of the molecule is CS(=O)(=O)N1CCc2c(c(-c3ccc(Cl)c(-c4cccc(CNCC(=O)O)c4)c3)nn2CCCN2CCOCC2)C1. The first-order chi connectivity index (χ1) is 19.7. The lowest BCUT2D eigenvalue weighted by Crippen LogP contribution is -2.37. The lowest BCUT2D eigenvalue weighted by molar-refractivity contribution is -0.136. The quantitative estimate of drug-likeness (QED) is 0.344. The Balaban J connectivity index is 1.44. The second-order valence-corrected chi connectivity index (χ2v) is 12.9. The smallest absolute Gasteiger partial charge is 0.317 e. The number of aromatic nitrogens is 2. The molecule has 220 valence electrons. The van der Waals surface area contributed by atoms with Crippen molar-refractivity contribution in [1.82, 2.24) is 24.3 Å². The van der Waals surface area contributed by atoms with Crippen molar-refractivity contribution in [3.8, 4) is 22.4 Å². The number of ether oxygens (including phenoxy) is 1. The Morgan fingerprint density at radius 3 is 2.66 bits per heavy atom. The molecule has 1 fully saturated rings. The summed E-state index contributed by atoms with van der Waals surface area (Å²) in [6.07, 6.45) is 2.81. The molecule has 0 spiro atoms. The van der Waals surface area contributed by atoms with Gasteiger partial charge in [-0.15, -0.1) is 0 Å². The van der Waals surface area contributed by atoms with Crippen molar-refractivity contribution >= 4 is 27.6 Å². The standard InChI is InChI=1S/C29H36ClN5O5S/c1-41(38,39)34-11-8-27-25(20-34)29(32-35(27)10-3-9-33-12-14-40-15-13-33)23-6-7-26(30)24(17-23)22-5-2-4-21(16-22)18-31-19-28(36)37/h2,4-7,16-17,31H,3,8-15,18-20H2,1H3,(H,36,37). The first-order valence-corrected chi connectivity index (χ1v) is 16.1. The number of sulfonamides is 1. The predicted molar refractivity (Wildman–Crippen MR) is 158 cm³/mol. The van der Waals surface area contributed by atoms with Gasteiger partial charge in [0.05, 0.1) is 31.7 Å². The van der Waals surface area contributed by atoms with Gasteiger partial charge in [-0.25, -0.2) is 8.42 Å². The van der Waals surface area contributed by atoms with Gasteiger partial charge in [-0.3, -0.25) is 14.4 Å². The number of hydrogen-bond donors (Lipinski definition) is 2. The number of carbonyl (C=O) groups is 1. The van der Waals surface area contributed by atoms with Crippen molar-refractivity contribution in [1.29, 1.82) is 0 Å². The Bertz CT molecular complexity index is 1500. The highest BCUT2D eigenvalue weighted by atomic mass is 35.5. The van der Waals surface area contributed by atoms with Crippen LogP contribution in [0.5, 0.6) is 0 Å². The summed E-state index contributed by atoms with van der Waals surface area (Å²) in [5.41, 5.74) is 6.35. The molecule has 41 heavy (non-hydrogen) atoms. The van der Waals surface area contributed by atoms with Gasteiger partial charge in [0, 0.05) is 79.6 Å². The average Bonchev–Trinajstić information content (AvgIpc) is 3.31. The fourth-order valence-corrected chi connectivity index (χ4v) is 6.50. The number of carboxylic acid groups (broad SMARTS) is 1. The number of halogens is 1. The van der Waals surface area contributed by atoms with E-state index >= 15 is 0 Å². The Hall–Kier alpha value is -2.80. The van der Waals surface area contributed by atoms with Crippen molar-refractivity contribution in [3.05, 3.63) is 64.3 Å². The van der Waals surface area contributed by atoms with Gasteiger partial charge < -0.3 is 15.2 Å². The third-order valence-corrected chi connectivity index (χ3v) is 9.18. The number of aryl methyl sites for hydroxylation is 1. The molecule has 0 unspecified atom stereocenters. The monoisotopic (exact) mass is 601 g/mol. The topological polar surface area (TPSA) is 117 Å². The fraction of sp³-hybridized carbons (Fsp3) is 0.448. The van der Waals surface area contributed by atoms with Crippen molar-refractivity contribution in [2.24, 2.45) is 0 Å². The molecular weight excluding hydrogens is 566 g/mol. The maximum absolute atomic E-state index is 12.5. The maximum atomic E-state index is 12.5. The van der Waals surface area contributed by atoms with Gasteiger partial charge in [0.25, 0.3) is 0 Å². The Morgan fingerprint density at radius 1 is 1.10 bits per heavy atom. The number of nitrogens with zero attached hydrogens (tertiary/aromatic N) is 4. The molecule has 2 N–H and O–H groups in total. The summed E-state index contributed by atoms with van der Waals surface area (Å²) in [6.45, 7) is 6.16. The van der Waals surface area contributed by atoms with Crippen molar-refractivity contribution in [2.45, 2.75) is 32.5 Å². The molecule has 3 heterocycles. The van der Waals surface area contributed by atoms with Crippen LogP contribution in [0.2, 0.25) is 5.02 Å². The first-order valence-electron chi connectivity index (χ1n) is 13.8. The minimum absolute atomic E-state index is 0.120. The molecule has 1 saturated heterocycles. The molecule has 0 atom stereocenters. The van der Waals surface area contributed by atoms with E-state index in [-0.39, 0.29) is 13.1 Å². The zero-order chi connectivity index (χ0) is 29.0. The van der Waals surface area contributed by atoms with Crippen LogP contribution >= 0.6 is 11.6 Å². The van der Waals surface area contributed by atoms with E-state index in [0.717, 1.165) is 85.0 Å². The van der Waals surface area contributed by atoms with E-state index < -0.39 is 16.0 Å². The van der Waals surface area contributed by atoms with Crippen LogP contribution in [0, 0.1) is 0 Å². The normalized spacial score (nSPS) is 16.5. The first kappa shape index (κ1) is 29.7. The number of hydrogen-bond acceptors (Lipinski definition) is 7. The van der Waals surface area contributed by atoms with Gasteiger partial charge >= 0.3 is 5.97 Å². The molecule has 0 saturated carbocycles. The molecule has 2 aromatic carbocycles. The summed E-state index contributed by atoms with van der Waals surface area (Å²) in [6, 6.07) is 13.6. The van der Waals surface area contributed by atoms with Gasteiger partial charge in [-0.1, -0.05) is 35.9 Å². The van der Waals surface area contributed by atoms with Gasteiger partial charge in [-0.05, 0) is 35.7 Å². The fourth-order valence-electron chi connectivity index (χ4n) is 5.49. The highest BCUT2D eigenvalue weighted by Crippen LogP contribution is 2.36. The Kier molecular flexibility index (Phi) is 9.42. The molecule has 10 nitrogen and oxygen atoms in total. The molecule has 12 heteroatoms. The van der Waals surface area contributed by atoms with E-state index in [1.165, 1.54) is 10.6 Å². The van der Waals surface area contributed by atoms with Crippen molar-refractivity contribution in [2.75, 3.05) is 52.2 Å². The lowest BCUT2D eigenvalue weighted by atomic mass is 9.97. The molecule has 2 aliphatic heterocycles. The molecule has 2 aliphatic rings. The largest absolute Gasteiger partial charge is 0.480 e. The Labute approximate surface area is 245 Å².